The van der Waals surface area contributed by atoms with Crippen molar-refractivity contribution in [3.05, 3.63) is 29.8 Å². The average molecular weight is 321 g/mol. The second kappa shape index (κ2) is 6.10. The monoisotopic (exact) mass is 321 g/mol. The quantitative estimate of drug-likeness (QED) is 0.893. The Labute approximate surface area is 135 Å². The smallest absolute Gasteiger partial charge is 0.410 e. The van der Waals surface area contributed by atoms with Gasteiger partial charge >= 0.3 is 12.1 Å². The molecule has 0 spiro atoms. The van der Waals surface area contributed by atoms with Crippen molar-refractivity contribution < 1.29 is 24.5 Å². The van der Waals surface area contributed by atoms with Crippen LogP contribution in [0.15, 0.2) is 24.3 Å². The number of benzene rings is 1. The number of amides is 1. The zero-order valence-electron chi connectivity index (χ0n) is 13.7. The number of ether oxygens (including phenoxy) is 1. The molecule has 0 saturated carbocycles. The van der Waals surface area contributed by atoms with Gasteiger partial charge in [0, 0.05) is 13.1 Å². The number of nitrogens with zero attached hydrogens (tertiary/aromatic N) is 1. The molecule has 23 heavy (non-hydrogen) atoms. The van der Waals surface area contributed by atoms with Crippen molar-refractivity contribution in [1.82, 2.24) is 4.90 Å². The number of likely N-dealkylation sites (tertiary alicyclic amines) is 1. The Hall–Kier alpha value is -2.24. The summed E-state index contributed by atoms with van der Waals surface area (Å²) in [5.74, 6) is -0.781. The fourth-order valence-corrected chi connectivity index (χ4v) is 2.75. The first kappa shape index (κ1) is 17.1. The van der Waals surface area contributed by atoms with Crippen molar-refractivity contribution in [2.45, 2.75) is 39.2 Å². The van der Waals surface area contributed by atoms with Crippen molar-refractivity contribution in [2.75, 3.05) is 13.1 Å². The third-order valence-electron chi connectivity index (χ3n) is 3.94. The van der Waals surface area contributed by atoms with E-state index in [1.807, 2.05) is 0 Å². The van der Waals surface area contributed by atoms with Gasteiger partial charge in [0.25, 0.3) is 0 Å². The number of phenols is 1. The molecular formula is C17H23NO5. The van der Waals surface area contributed by atoms with Gasteiger partial charge in [-0.1, -0.05) is 12.1 Å². The van der Waals surface area contributed by atoms with E-state index in [1.165, 1.54) is 17.0 Å². The summed E-state index contributed by atoms with van der Waals surface area (Å²) in [6, 6.07) is 6.48. The van der Waals surface area contributed by atoms with E-state index in [-0.39, 0.29) is 12.3 Å². The lowest BCUT2D eigenvalue weighted by atomic mass is 9.81. The second-order valence-corrected chi connectivity index (χ2v) is 7.08. The number of aromatic hydroxyl groups is 1. The maximum absolute atomic E-state index is 12.1. The maximum Gasteiger partial charge on any atom is 0.410 e. The highest BCUT2D eigenvalue weighted by Crippen LogP contribution is 2.35. The van der Waals surface area contributed by atoms with E-state index in [0.29, 0.717) is 19.4 Å². The van der Waals surface area contributed by atoms with Gasteiger partial charge in [0.15, 0.2) is 0 Å². The third-order valence-corrected chi connectivity index (χ3v) is 3.94. The van der Waals surface area contributed by atoms with Crippen LogP contribution < -0.4 is 0 Å². The van der Waals surface area contributed by atoms with E-state index in [9.17, 15) is 19.8 Å². The molecule has 6 nitrogen and oxygen atoms in total. The Kier molecular flexibility index (Phi) is 4.54. The van der Waals surface area contributed by atoms with Gasteiger partial charge in [-0.25, -0.2) is 4.79 Å². The number of phenolic OH excluding ortho intramolecular Hbond substituents is 1. The van der Waals surface area contributed by atoms with E-state index < -0.39 is 23.1 Å². The van der Waals surface area contributed by atoms with Crippen molar-refractivity contribution in [3.63, 3.8) is 0 Å². The Morgan fingerprint density at radius 1 is 1.26 bits per heavy atom. The van der Waals surface area contributed by atoms with Gasteiger partial charge < -0.3 is 19.8 Å². The molecule has 1 atom stereocenters. The molecule has 6 heteroatoms. The predicted octanol–water partition coefficient (Wildman–Crippen LogP) is 2.65. The molecule has 1 aromatic carbocycles. The van der Waals surface area contributed by atoms with Crippen molar-refractivity contribution >= 4 is 12.1 Å². The van der Waals surface area contributed by atoms with E-state index in [4.69, 9.17) is 4.74 Å². The Morgan fingerprint density at radius 2 is 1.87 bits per heavy atom. The number of carboxylic acids is 1. The number of aliphatic carboxylic acids is 1. The van der Waals surface area contributed by atoms with E-state index in [2.05, 4.69) is 0 Å². The minimum Gasteiger partial charge on any atom is -0.508 e. The highest BCUT2D eigenvalue weighted by atomic mass is 16.6. The second-order valence-electron chi connectivity index (χ2n) is 7.08. The van der Waals surface area contributed by atoms with Crippen LogP contribution in [0.1, 0.15) is 32.8 Å². The average Bonchev–Trinajstić information content (AvgIpc) is 2.85. The molecule has 1 aliphatic heterocycles. The van der Waals surface area contributed by atoms with Gasteiger partial charge in [0.2, 0.25) is 0 Å². The summed E-state index contributed by atoms with van der Waals surface area (Å²) in [5.41, 5.74) is -0.813. The van der Waals surface area contributed by atoms with Gasteiger partial charge in [-0.3, -0.25) is 4.79 Å². The molecule has 2 N–H and O–H groups in total. The molecule has 2 rings (SSSR count). The highest BCUT2D eigenvalue weighted by Gasteiger charge is 2.47. The van der Waals surface area contributed by atoms with Crippen LogP contribution in [0, 0.1) is 5.41 Å². The van der Waals surface area contributed by atoms with Crippen LogP contribution >= 0.6 is 0 Å². The lowest BCUT2D eigenvalue weighted by molar-refractivity contribution is -0.148. The van der Waals surface area contributed by atoms with E-state index in [0.717, 1.165) is 5.56 Å². The minimum absolute atomic E-state index is 0.123. The molecule has 1 amide bonds. The van der Waals surface area contributed by atoms with Gasteiger partial charge in [-0.2, -0.15) is 0 Å². The number of rotatable bonds is 3. The lowest BCUT2D eigenvalue weighted by Gasteiger charge is -2.27. The summed E-state index contributed by atoms with van der Waals surface area (Å²) in [6.07, 6.45) is 0.205. The molecule has 1 aromatic rings. The van der Waals surface area contributed by atoms with Crippen LogP contribution in [0.3, 0.4) is 0 Å². The normalized spacial score (nSPS) is 21.3. The number of hydrogen-bond donors (Lipinski definition) is 2. The Morgan fingerprint density at radius 3 is 2.39 bits per heavy atom. The number of carbonyl (C=O) groups is 2. The van der Waals surface area contributed by atoms with Crippen LogP contribution in [0.2, 0.25) is 0 Å². The third kappa shape index (κ3) is 4.15. The first-order valence-corrected chi connectivity index (χ1v) is 7.61. The van der Waals surface area contributed by atoms with Crippen LogP contribution in [0.4, 0.5) is 4.79 Å². The van der Waals surface area contributed by atoms with Gasteiger partial charge in [-0.15, -0.1) is 0 Å². The van der Waals surface area contributed by atoms with Crippen molar-refractivity contribution in [1.29, 1.82) is 0 Å². The van der Waals surface area contributed by atoms with Crippen molar-refractivity contribution in [3.8, 4) is 5.75 Å². The Balaban J connectivity index is 2.12. The summed E-state index contributed by atoms with van der Waals surface area (Å²) in [6.45, 7) is 5.82. The molecule has 0 aliphatic carbocycles. The van der Waals surface area contributed by atoms with Crippen LogP contribution in [-0.2, 0) is 16.0 Å². The first-order valence-electron chi connectivity index (χ1n) is 7.61. The first-order chi connectivity index (χ1) is 10.6. The zero-order chi connectivity index (χ0) is 17.3. The van der Waals surface area contributed by atoms with Gasteiger partial charge in [0.05, 0.1) is 5.41 Å². The summed E-state index contributed by atoms with van der Waals surface area (Å²) in [4.78, 5) is 25.4. The summed E-state index contributed by atoms with van der Waals surface area (Å²) in [5, 5.41) is 19.0. The largest absolute Gasteiger partial charge is 0.508 e. The fourth-order valence-electron chi connectivity index (χ4n) is 2.75. The number of carbonyl (C=O) groups excluding carboxylic acids is 1. The van der Waals surface area contributed by atoms with Gasteiger partial charge in [-0.05, 0) is 51.3 Å². The highest BCUT2D eigenvalue weighted by molar-refractivity contribution is 5.78. The van der Waals surface area contributed by atoms with Crippen LogP contribution in [-0.4, -0.2) is 45.9 Å². The molecule has 0 radical (unpaired) electrons. The zero-order valence-corrected chi connectivity index (χ0v) is 13.7. The maximum atomic E-state index is 12.1. The molecular weight excluding hydrogens is 298 g/mol. The van der Waals surface area contributed by atoms with E-state index in [1.54, 1.807) is 32.9 Å². The molecule has 0 bridgehead atoms. The molecule has 126 valence electrons. The molecule has 0 aromatic heterocycles. The molecule has 1 aliphatic rings. The van der Waals surface area contributed by atoms with Crippen LogP contribution in [0.5, 0.6) is 5.75 Å². The Bertz CT molecular complexity index is 590. The van der Waals surface area contributed by atoms with Crippen LogP contribution in [0.25, 0.3) is 0 Å². The molecule has 1 fully saturated rings. The summed E-state index contributed by atoms with van der Waals surface area (Å²) in [7, 11) is 0. The predicted molar refractivity (Wildman–Crippen MR) is 84.3 cm³/mol. The molecule has 1 saturated heterocycles. The van der Waals surface area contributed by atoms with E-state index >= 15 is 0 Å². The number of carboxylic acid groups (broad SMARTS) is 1. The fraction of sp³-hybridized carbons (Fsp3) is 0.529. The minimum atomic E-state index is -1.02. The standard InChI is InChI=1S/C17H23NO5/c1-16(2,3)23-15(22)18-9-8-17(11-18,14(20)21)10-12-4-6-13(19)7-5-12/h4-7,19H,8-11H2,1-3H3,(H,20,21). The summed E-state index contributed by atoms with van der Waals surface area (Å²) >= 11 is 0. The SMILES string of the molecule is CC(C)(C)OC(=O)N1CCC(Cc2ccc(O)cc2)(C(=O)O)C1. The molecule has 1 unspecified atom stereocenters. The van der Waals surface area contributed by atoms with Gasteiger partial charge in [0.1, 0.15) is 11.4 Å². The lowest BCUT2D eigenvalue weighted by Crippen LogP contribution is -2.40. The topological polar surface area (TPSA) is 87.1 Å². The summed E-state index contributed by atoms with van der Waals surface area (Å²) < 4.78 is 5.32. The molecule has 1 heterocycles. The van der Waals surface area contributed by atoms with Crippen molar-refractivity contribution in [2.24, 2.45) is 5.41 Å². The number of hydrogen-bond acceptors (Lipinski definition) is 4.